The van der Waals surface area contributed by atoms with Gasteiger partial charge in [0.1, 0.15) is 5.82 Å². The van der Waals surface area contributed by atoms with Crippen LogP contribution >= 0.6 is 0 Å². The van der Waals surface area contributed by atoms with Gasteiger partial charge < -0.3 is 5.73 Å². The van der Waals surface area contributed by atoms with Crippen LogP contribution in [-0.2, 0) is 15.8 Å². The minimum Gasteiger partial charge on any atom is -0.329 e. The van der Waals surface area contributed by atoms with Crippen LogP contribution < -0.4 is 5.73 Å². The molecule has 1 fully saturated rings. The molecule has 6 heteroatoms. The first-order valence-electron chi connectivity index (χ1n) is 5.97. The summed E-state index contributed by atoms with van der Waals surface area (Å²) >= 11 is 0. The van der Waals surface area contributed by atoms with E-state index in [2.05, 4.69) is 0 Å². The highest BCUT2D eigenvalue weighted by atomic mass is 32.2. The van der Waals surface area contributed by atoms with E-state index in [0.717, 1.165) is 12.8 Å². The molecule has 0 amide bonds. The molecule has 1 heterocycles. The highest BCUT2D eigenvalue weighted by Gasteiger charge is 2.33. The van der Waals surface area contributed by atoms with Crippen molar-refractivity contribution in [2.75, 3.05) is 13.1 Å². The second kappa shape index (κ2) is 5.34. The number of nitrogens with two attached hydrogens (primary N) is 1. The maximum Gasteiger partial charge on any atom is 0.218 e. The molecule has 0 spiro atoms. The molecule has 0 aromatic heterocycles. The third-order valence-corrected chi connectivity index (χ3v) is 5.08. The van der Waals surface area contributed by atoms with E-state index in [1.54, 1.807) is 6.07 Å². The van der Waals surface area contributed by atoms with Crippen molar-refractivity contribution in [2.24, 2.45) is 5.73 Å². The van der Waals surface area contributed by atoms with E-state index in [1.165, 1.54) is 22.5 Å². The molecule has 1 saturated heterocycles. The lowest BCUT2D eigenvalue weighted by molar-refractivity contribution is 0.392. The Morgan fingerprint density at radius 2 is 2.22 bits per heavy atom. The molecule has 100 valence electrons. The van der Waals surface area contributed by atoms with Crippen LogP contribution in [0.2, 0.25) is 0 Å². The predicted octanol–water partition coefficient (Wildman–Crippen LogP) is 1.08. The lowest BCUT2D eigenvalue weighted by Crippen LogP contribution is -2.40. The molecule has 1 atom stereocenters. The molecule has 0 bridgehead atoms. The lowest BCUT2D eigenvalue weighted by atomic mass is 10.2. The standard InChI is InChI=1S/C12H17FN2O2S/c13-11-4-1-3-10(7-11)9-18(16,17)15-6-2-5-12(15)8-14/h1,3-4,7,12H,2,5-6,8-9,14H2. The van der Waals surface area contributed by atoms with Gasteiger partial charge in [0, 0.05) is 19.1 Å². The number of rotatable bonds is 4. The molecule has 18 heavy (non-hydrogen) atoms. The van der Waals surface area contributed by atoms with Crippen molar-refractivity contribution in [1.82, 2.24) is 4.31 Å². The summed E-state index contributed by atoms with van der Waals surface area (Å²) in [6.07, 6.45) is 1.64. The largest absolute Gasteiger partial charge is 0.329 e. The fraction of sp³-hybridized carbons (Fsp3) is 0.500. The number of benzene rings is 1. The van der Waals surface area contributed by atoms with E-state index in [1.807, 2.05) is 0 Å². The normalized spacial score (nSPS) is 21.3. The van der Waals surface area contributed by atoms with Crippen molar-refractivity contribution in [1.29, 1.82) is 0 Å². The topological polar surface area (TPSA) is 63.4 Å². The summed E-state index contributed by atoms with van der Waals surface area (Å²) in [6, 6.07) is 5.59. The summed E-state index contributed by atoms with van der Waals surface area (Å²) in [4.78, 5) is 0. The Bertz CT molecular complexity index is 519. The molecule has 1 aliphatic rings. The van der Waals surface area contributed by atoms with Crippen LogP contribution in [0, 0.1) is 5.82 Å². The highest BCUT2D eigenvalue weighted by molar-refractivity contribution is 7.88. The zero-order valence-corrected chi connectivity index (χ0v) is 10.9. The molecule has 4 nitrogen and oxygen atoms in total. The zero-order chi connectivity index (χ0) is 13.2. The van der Waals surface area contributed by atoms with E-state index >= 15 is 0 Å². The van der Waals surface area contributed by atoms with Gasteiger partial charge in [-0.15, -0.1) is 0 Å². The first-order chi connectivity index (χ1) is 8.53. The molecule has 0 aliphatic carbocycles. The van der Waals surface area contributed by atoms with E-state index < -0.39 is 15.8 Å². The Labute approximate surface area is 107 Å². The van der Waals surface area contributed by atoms with E-state index in [0.29, 0.717) is 18.7 Å². The Morgan fingerprint density at radius 3 is 2.89 bits per heavy atom. The molecule has 2 rings (SSSR count). The van der Waals surface area contributed by atoms with E-state index in [4.69, 9.17) is 5.73 Å². The number of hydrogen-bond donors (Lipinski definition) is 1. The fourth-order valence-corrected chi connectivity index (χ4v) is 4.15. The maximum atomic E-state index is 13.0. The van der Waals surface area contributed by atoms with Crippen LogP contribution in [-0.4, -0.2) is 31.9 Å². The lowest BCUT2D eigenvalue weighted by Gasteiger charge is -2.22. The first kappa shape index (κ1) is 13.5. The Kier molecular flexibility index (Phi) is 3.99. The minimum atomic E-state index is -3.40. The molecular formula is C12H17FN2O2S. The Hall–Kier alpha value is -0.980. The smallest absolute Gasteiger partial charge is 0.218 e. The van der Waals surface area contributed by atoms with Crippen LogP contribution in [0.15, 0.2) is 24.3 Å². The summed E-state index contributed by atoms with van der Waals surface area (Å²) in [6.45, 7) is 0.849. The van der Waals surface area contributed by atoms with E-state index in [-0.39, 0.29) is 11.8 Å². The fourth-order valence-electron chi connectivity index (χ4n) is 2.33. The minimum absolute atomic E-state index is 0.108. The number of hydrogen-bond acceptors (Lipinski definition) is 3. The van der Waals surface area contributed by atoms with Gasteiger partial charge in [0.2, 0.25) is 10.0 Å². The van der Waals surface area contributed by atoms with Crippen LogP contribution in [0.4, 0.5) is 4.39 Å². The quantitative estimate of drug-likeness (QED) is 0.892. The molecule has 1 aromatic carbocycles. The van der Waals surface area contributed by atoms with Crippen molar-refractivity contribution < 1.29 is 12.8 Å². The number of sulfonamides is 1. The van der Waals surface area contributed by atoms with Gasteiger partial charge in [-0.25, -0.2) is 12.8 Å². The van der Waals surface area contributed by atoms with Gasteiger partial charge in [0.05, 0.1) is 5.75 Å². The number of halogens is 1. The van der Waals surface area contributed by atoms with Gasteiger partial charge >= 0.3 is 0 Å². The molecular weight excluding hydrogens is 255 g/mol. The Morgan fingerprint density at radius 1 is 1.44 bits per heavy atom. The molecule has 1 aromatic rings. The van der Waals surface area contributed by atoms with E-state index in [9.17, 15) is 12.8 Å². The summed E-state index contributed by atoms with van der Waals surface area (Å²) in [5.41, 5.74) is 6.04. The van der Waals surface area contributed by atoms with Gasteiger partial charge in [-0.05, 0) is 30.5 Å². The van der Waals surface area contributed by atoms with Gasteiger partial charge in [0.15, 0.2) is 0 Å². The van der Waals surface area contributed by atoms with Crippen molar-refractivity contribution in [3.05, 3.63) is 35.6 Å². The second-order valence-electron chi connectivity index (χ2n) is 4.53. The van der Waals surface area contributed by atoms with Crippen LogP contribution in [0.1, 0.15) is 18.4 Å². The zero-order valence-electron chi connectivity index (χ0n) is 10.0. The second-order valence-corrected chi connectivity index (χ2v) is 6.45. The first-order valence-corrected chi connectivity index (χ1v) is 7.58. The summed E-state index contributed by atoms with van der Waals surface area (Å²) < 4.78 is 39.0. The molecule has 0 saturated carbocycles. The average Bonchev–Trinajstić information content (AvgIpc) is 2.77. The molecule has 1 unspecified atom stereocenters. The third kappa shape index (κ3) is 2.88. The number of nitrogens with zero attached hydrogens (tertiary/aromatic N) is 1. The van der Waals surface area contributed by atoms with Crippen LogP contribution in [0.25, 0.3) is 0 Å². The SMILES string of the molecule is NCC1CCCN1S(=O)(=O)Cc1cccc(F)c1. The predicted molar refractivity (Wildman–Crippen MR) is 67.8 cm³/mol. The van der Waals surface area contributed by atoms with Crippen LogP contribution in [0.5, 0.6) is 0 Å². The van der Waals surface area contributed by atoms with Crippen LogP contribution in [0.3, 0.4) is 0 Å². The highest BCUT2D eigenvalue weighted by Crippen LogP contribution is 2.22. The summed E-state index contributed by atoms with van der Waals surface area (Å²) in [5.74, 6) is -0.583. The molecule has 0 radical (unpaired) electrons. The average molecular weight is 272 g/mol. The maximum absolute atomic E-state index is 13.0. The monoisotopic (exact) mass is 272 g/mol. The van der Waals surface area contributed by atoms with Gasteiger partial charge in [0.25, 0.3) is 0 Å². The van der Waals surface area contributed by atoms with Gasteiger partial charge in [-0.1, -0.05) is 12.1 Å². The van der Waals surface area contributed by atoms with Gasteiger partial charge in [-0.2, -0.15) is 4.31 Å². The van der Waals surface area contributed by atoms with Crippen molar-refractivity contribution in [3.63, 3.8) is 0 Å². The van der Waals surface area contributed by atoms with Gasteiger partial charge in [-0.3, -0.25) is 0 Å². The molecule has 2 N–H and O–H groups in total. The summed E-state index contributed by atoms with van der Waals surface area (Å²) in [5, 5.41) is 0. The summed E-state index contributed by atoms with van der Waals surface area (Å²) in [7, 11) is -3.40. The Balaban J connectivity index is 2.17. The van der Waals surface area contributed by atoms with Crippen molar-refractivity contribution in [2.45, 2.75) is 24.6 Å². The molecule has 1 aliphatic heterocycles. The van der Waals surface area contributed by atoms with Crippen molar-refractivity contribution >= 4 is 10.0 Å². The van der Waals surface area contributed by atoms with Crippen molar-refractivity contribution in [3.8, 4) is 0 Å². The third-order valence-electron chi connectivity index (χ3n) is 3.19.